The predicted octanol–water partition coefficient (Wildman–Crippen LogP) is 2.82. The summed E-state index contributed by atoms with van der Waals surface area (Å²) in [6, 6.07) is 0.0531. The standard InChI is InChI=1S/C16H29NO3S/c1-21(19,20)15-9-5-8-14(12-15)17-16(18)11-10-13-6-3-2-4-7-13/h13-15H,2-12H2,1H3,(H,17,18)/t14-,15-/m1/s1. The van der Waals surface area contributed by atoms with E-state index in [1.807, 2.05) is 0 Å². The van der Waals surface area contributed by atoms with Crippen LogP contribution in [0, 0.1) is 5.92 Å². The number of carbonyl (C=O) groups excluding carboxylic acids is 1. The summed E-state index contributed by atoms with van der Waals surface area (Å²) in [5, 5.41) is 2.79. The van der Waals surface area contributed by atoms with E-state index >= 15 is 0 Å². The van der Waals surface area contributed by atoms with Gasteiger partial charge in [0.2, 0.25) is 5.91 Å². The van der Waals surface area contributed by atoms with Crippen molar-refractivity contribution in [3.63, 3.8) is 0 Å². The smallest absolute Gasteiger partial charge is 0.220 e. The van der Waals surface area contributed by atoms with Gasteiger partial charge in [0.05, 0.1) is 5.25 Å². The molecule has 0 saturated heterocycles. The van der Waals surface area contributed by atoms with Gasteiger partial charge >= 0.3 is 0 Å². The summed E-state index contributed by atoms with van der Waals surface area (Å²) in [7, 11) is -2.98. The van der Waals surface area contributed by atoms with Crippen molar-refractivity contribution in [2.45, 2.75) is 81.9 Å². The Morgan fingerprint density at radius 2 is 1.76 bits per heavy atom. The molecule has 0 radical (unpaired) electrons. The Hall–Kier alpha value is -0.580. The fourth-order valence-electron chi connectivity index (χ4n) is 3.78. The molecule has 0 heterocycles. The SMILES string of the molecule is CS(=O)(=O)[C@@H]1CCC[C@@H](NC(=O)CCC2CCCCC2)C1. The fraction of sp³-hybridized carbons (Fsp3) is 0.938. The highest BCUT2D eigenvalue weighted by molar-refractivity contribution is 7.91. The van der Waals surface area contributed by atoms with Gasteiger partial charge in [0.1, 0.15) is 9.84 Å². The van der Waals surface area contributed by atoms with Crippen molar-refractivity contribution >= 4 is 15.7 Å². The molecule has 2 rings (SSSR count). The van der Waals surface area contributed by atoms with E-state index in [1.54, 1.807) is 0 Å². The van der Waals surface area contributed by atoms with Gasteiger partial charge in [-0.2, -0.15) is 0 Å². The molecule has 0 bridgehead atoms. The quantitative estimate of drug-likeness (QED) is 0.848. The number of rotatable bonds is 5. The third kappa shape index (κ3) is 5.61. The van der Waals surface area contributed by atoms with E-state index in [2.05, 4.69) is 5.32 Å². The average molecular weight is 315 g/mol. The number of sulfone groups is 1. The van der Waals surface area contributed by atoms with E-state index in [-0.39, 0.29) is 17.2 Å². The van der Waals surface area contributed by atoms with E-state index in [9.17, 15) is 13.2 Å². The maximum absolute atomic E-state index is 12.0. The van der Waals surface area contributed by atoms with Crippen LogP contribution in [-0.2, 0) is 14.6 Å². The molecule has 2 fully saturated rings. The molecule has 4 nitrogen and oxygen atoms in total. The van der Waals surface area contributed by atoms with Crippen LogP contribution in [0.2, 0.25) is 0 Å². The number of hydrogen-bond acceptors (Lipinski definition) is 3. The first-order chi connectivity index (χ1) is 9.95. The molecule has 2 saturated carbocycles. The molecule has 0 aliphatic heterocycles. The van der Waals surface area contributed by atoms with Crippen LogP contribution in [-0.4, -0.2) is 31.9 Å². The molecule has 2 aliphatic carbocycles. The molecule has 1 N–H and O–H groups in total. The Kier molecular flexibility index (Phi) is 6.08. The minimum absolute atomic E-state index is 0.0531. The van der Waals surface area contributed by atoms with Crippen LogP contribution in [0.3, 0.4) is 0 Å². The van der Waals surface area contributed by atoms with Crippen LogP contribution < -0.4 is 5.32 Å². The van der Waals surface area contributed by atoms with Gasteiger partial charge in [0.15, 0.2) is 0 Å². The molecule has 122 valence electrons. The largest absolute Gasteiger partial charge is 0.353 e. The summed E-state index contributed by atoms with van der Waals surface area (Å²) in [6.45, 7) is 0. The minimum Gasteiger partial charge on any atom is -0.353 e. The third-order valence-electron chi connectivity index (χ3n) is 5.10. The molecule has 0 spiro atoms. The molecule has 0 aromatic carbocycles. The van der Waals surface area contributed by atoms with Crippen molar-refractivity contribution in [1.29, 1.82) is 0 Å². The van der Waals surface area contributed by atoms with Gasteiger partial charge in [-0.25, -0.2) is 8.42 Å². The lowest BCUT2D eigenvalue weighted by atomic mass is 9.86. The topological polar surface area (TPSA) is 63.2 Å². The first kappa shape index (κ1) is 16.8. The second kappa shape index (κ2) is 7.61. The second-order valence-corrected chi connectivity index (χ2v) is 9.25. The zero-order valence-electron chi connectivity index (χ0n) is 13.1. The summed E-state index contributed by atoms with van der Waals surface area (Å²) in [5.74, 6) is 0.833. The highest BCUT2D eigenvalue weighted by Gasteiger charge is 2.29. The Morgan fingerprint density at radius 3 is 2.43 bits per heavy atom. The van der Waals surface area contributed by atoms with Gasteiger partial charge in [0.25, 0.3) is 0 Å². The van der Waals surface area contributed by atoms with E-state index in [4.69, 9.17) is 0 Å². The predicted molar refractivity (Wildman–Crippen MR) is 84.8 cm³/mol. The first-order valence-electron chi connectivity index (χ1n) is 8.43. The zero-order chi connectivity index (χ0) is 15.3. The maximum Gasteiger partial charge on any atom is 0.220 e. The minimum atomic E-state index is -2.98. The summed E-state index contributed by atoms with van der Waals surface area (Å²) in [5.41, 5.74) is 0. The number of nitrogens with one attached hydrogen (secondary N) is 1. The number of amides is 1. The molecule has 2 aliphatic rings. The molecular formula is C16H29NO3S. The van der Waals surface area contributed by atoms with Crippen molar-refractivity contribution in [3.05, 3.63) is 0 Å². The molecule has 1 amide bonds. The average Bonchev–Trinajstić information content (AvgIpc) is 2.46. The fourth-order valence-corrected chi connectivity index (χ4v) is 4.95. The van der Waals surface area contributed by atoms with Gasteiger partial charge < -0.3 is 5.32 Å². The van der Waals surface area contributed by atoms with Gasteiger partial charge in [0, 0.05) is 18.7 Å². The first-order valence-corrected chi connectivity index (χ1v) is 10.4. The van der Waals surface area contributed by atoms with Crippen molar-refractivity contribution in [1.82, 2.24) is 5.32 Å². The van der Waals surface area contributed by atoms with Gasteiger partial charge in [-0.15, -0.1) is 0 Å². The molecule has 0 aromatic heterocycles. The van der Waals surface area contributed by atoms with Crippen LogP contribution in [0.5, 0.6) is 0 Å². The molecule has 0 aromatic rings. The Morgan fingerprint density at radius 1 is 1.05 bits per heavy atom. The lowest BCUT2D eigenvalue weighted by molar-refractivity contribution is -0.122. The Balaban J connectivity index is 1.71. The van der Waals surface area contributed by atoms with Gasteiger partial charge in [-0.3, -0.25) is 4.79 Å². The normalized spacial score (nSPS) is 28.2. The van der Waals surface area contributed by atoms with E-state index in [0.717, 1.165) is 31.6 Å². The van der Waals surface area contributed by atoms with Crippen LogP contribution in [0.25, 0.3) is 0 Å². The van der Waals surface area contributed by atoms with Crippen LogP contribution in [0.4, 0.5) is 0 Å². The molecular weight excluding hydrogens is 286 g/mol. The summed E-state index contributed by atoms with van der Waals surface area (Å²) in [4.78, 5) is 12.0. The van der Waals surface area contributed by atoms with Gasteiger partial charge in [-0.05, 0) is 31.6 Å². The van der Waals surface area contributed by atoms with Crippen LogP contribution >= 0.6 is 0 Å². The van der Waals surface area contributed by atoms with E-state index < -0.39 is 9.84 Å². The second-order valence-electron chi connectivity index (χ2n) is 6.93. The van der Waals surface area contributed by atoms with Crippen LogP contribution in [0.15, 0.2) is 0 Å². The summed E-state index contributed by atoms with van der Waals surface area (Å²) < 4.78 is 23.3. The molecule has 5 heteroatoms. The molecule has 0 unspecified atom stereocenters. The third-order valence-corrected chi connectivity index (χ3v) is 6.74. The zero-order valence-corrected chi connectivity index (χ0v) is 14.0. The summed E-state index contributed by atoms with van der Waals surface area (Å²) in [6.07, 6.45) is 12.6. The highest BCUT2D eigenvalue weighted by atomic mass is 32.2. The monoisotopic (exact) mass is 315 g/mol. The Bertz CT molecular complexity index is 440. The van der Waals surface area contributed by atoms with E-state index in [1.165, 1.54) is 38.4 Å². The number of hydrogen-bond donors (Lipinski definition) is 1. The van der Waals surface area contributed by atoms with Gasteiger partial charge in [-0.1, -0.05) is 38.5 Å². The van der Waals surface area contributed by atoms with Crippen molar-refractivity contribution in [2.24, 2.45) is 5.92 Å². The van der Waals surface area contributed by atoms with Crippen LogP contribution in [0.1, 0.15) is 70.6 Å². The van der Waals surface area contributed by atoms with Crippen molar-refractivity contribution in [3.8, 4) is 0 Å². The highest BCUT2D eigenvalue weighted by Crippen LogP contribution is 2.27. The maximum atomic E-state index is 12.0. The number of carbonyl (C=O) groups is 1. The molecule has 21 heavy (non-hydrogen) atoms. The lowest BCUT2D eigenvalue weighted by Gasteiger charge is -2.29. The van der Waals surface area contributed by atoms with Crippen molar-refractivity contribution in [2.75, 3.05) is 6.26 Å². The van der Waals surface area contributed by atoms with Crippen molar-refractivity contribution < 1.29 is 13.2 Å². The molecule has 2 atom stereocenters. The lowest BCUT2D eigenvalue weighted by Crippen LogP contribution is -2.41. The van der Waals surface area contributed by atoms with E-state index in [0.29, 0.717) is 12.8 Å². The Labute approximate surface area is 129 Å². The summed E-state index contributed by atoms with van der Waals surface area (Å²) >= 11 is 0.